The van der Waals surface area contributed by atoms with Crippen LogP contribution < -0.4 is 11.1 Å². The Bertz CT molecular complexity index is 542. The minimum Gasteiger partial charge on any atom is -0.345 e. The van der Waals surface area contributed by atoms with E-state index in [-0.39, 0.29) is 36.8 Å². The van der Waals surface area contributed by atoms with Crippen molar-refractivity contribution in [3.63, 3.8) is 0 Å². The summed E-state index contributed by atoms with van der Waals surface area (Å²) < 4.78 is 0. The van der Waals surface area contributed by atoms with Gasteiger partial charge < -0.3 is 11.1 Å². The first-order valence-corrected chi connectivity index (χ1v) is 8.25. The Hall–Kier alpha value is -1.62. The lowest BCUT2D eigenvalue weighted by Crippen LogP contribution is -2.29. The van der Waals surface area contributed by atoms with Crippen molar-refractivity contribution in [3.8, 4) is 0 Å². The molecule has 0 aliphatic heterocycles. The van der Waals surface area contributed by atoms with Gasteiger partial charge in [0.15, 0.2) is 0 Å². The third-order valence-corrected chi connectivity index (χ3v) is 3.84. The molecule has 0 saturated carbocycles. The van der Waals surface area contributed by atoms with Crippen molar-refractivity contribution in [3.05, 3.63) is 66.0 Å². The summed E-state index contributed by atoms with van der Waals surface area (Å²) in [6.07, 6.45) is 8.15. The van der Waals surface area contributed by atoms with Crippen LogP contribution in [0.1, 0.15) is 49.3 Å². The van der Waals surface area contributed by atoms with Gasteiger partial charge in [-0.25, -0.2) is 0 Å². The van der Waals surface area contributed by atoms with Gasteiger partial charge in [-0.2, -0.15) is 0 Å². The first kappa shape index (κ1) is 23.4. The molecule has 1 heterocycles. The maximum absolute atomic E-state index is 12.3. The molecule has 138 valence electrons. The van der Waals surface area contributed by atoms with Crippen molar-refractivity contribution in [1.29, 1.82) is 0 Å². The summed E-state index contributed by atoms with van der Waals surface area (Å²) in [6, 6.07) is 13.8. The number of benzene rings is 1. The van der Waals surface area contributed by atoms with E-state index in [9.17, 15) is 4.79 Å². The molecule has 2 aromatic rings. The number of unbranched alkanes of at least 4 members (excludes halogenated alkanes) is 3. The minimum atomic E-state index is -0.129. The van der Waals surface area contributed by atoms with Crippen LogP contribution in [0.15, 0.2) is 54.9 Å². The summed E-state index contributed by atoms with van der Waals surface area (Å²) >= 11 is 0. The van der Waals surface area contributed by atoms with E-state index >= 15 is 0 Å². The van der Waals surface area contributed by atoms with Gasteiger partial charge in [0.05, 0.1) is 6.04 Å². The van der Waals surface area contributed by atoms with Crippen LogP contribution in [0.25, 0.3) is 0 Å². The molecule has 3 N–H and O–H groups in total. The number of rotatable bonds is 9. The number of nitrogens with one attached hydrogen (secondary N) is 1. The lowest BCUT2D eigenvalue weighted by molar-refractivity contribution is -0.121. The Morgan fingerprint density at radius 2 is 1.52 bits per heavy atom. The zero-order chi connectivity index (χ0) is 16.3. The average Bonchev–Trinajstić information content (AvgIpc) is 2.61. The van der Waals surface area contributed by atoms with Crippen molar-refractivity contribution >= 4 is 30.7 Å². The Labute approximate surface area is 162 Å². The van der Waals surface area contributed by atoms with E-state index in [4.69, 9.17) is 5.73 Å². The number of carbonyl (C=O) groups is 1. The van der Waals surface area contributed by atoms with Crippen LogP contribution in [0.3, 0.4) is 0 Å². The van der Waals surface area contributed by atoms with E-state index < -0.39 is 0 Å². The fourth-order valence-corrected chi connectivity index (χ4v) is 2.58. The van der Waals surface area contributed by atoms with Crippen LogP contribution in [-0.2, 0) is 4.79 Å². The van der Waals surface area contributed by atoms with Crippen molar-refractivity contribution < 1.29 is 4.79 Å². The highest BCUT2D eigenvalue weighted by Gasteiger charge is 2.16. The molecule has 2 rings (SSSR count). The minimum absolute atomic E-state index is 0. The molecule has 0 fully saturated rings. The van der Waals surface area contributed by atoms with Gasteiger partial charge in [0.2, 0.25) is 5.91 Å². The highest BCUT2D eigenvalue weighted by Crippen LogP contribution is 2.21. The van der Waals surface area contributed by atoms with E-state index in [1.807, 2.05) is 42.5 Å². The molecular weight excluding hydrogens is 357 g/mol. The maximum Gasteiger partial charge on any atom is 0.220 e. The SMILES string of the molecule is Cl.Cl.NCCCCCCC(=O)NC(c1ccccc1)c1ccncc1. The van der Waals surface area contributed by atoms with E-state index in [1.165, 1.54) is 0 Å². The molecule has 0 aliphatic carbocycles. The number of halogens is 2. The monoisotopic (exact) mass is 383 g/mol. The molecule has 0 saturated heterocycles. The van der Waals surface area contributed by atoms with Crippen LogP contribution in [-0.4, -0.2) is 17.4 Å². The van der Waals surface area contributed by atoms with Gasteiger partial charge in [-0.1, -0.05) is 43.2 Å². The molecular formula is C19H27Cl2N3O. The summed E-state index contributed by atoms with van der Waals surface area (Å²) in [6.45, 7) is 0.727. The number of carbonyl (C=O) groups excluding carboxylic acids is 1. The molecule has 6 heteroatoms. The number of aromatic nitrogens is 1. The zero-order valence-corrected chi connectivity index (χ0v) is 15.9. The second kappa shape index (κ2) is 13.6. The van der Waals surface area contributed by atoms with E-state index in [2.05, 4.69) is 10.3 Å². The Kier molecular flexibility index (Phi) is 12.8. The van der Waals surface area contributed by atoms with Crippen molar-refractivity contribution in [2.75, 3.05) is 6.54 Å². The van der Waals surface area contributed by atoms with Gasteiger partial charge >= 0.3 is 0 Å². The van der Waals surface area contributed by atoms with Gasteiger partial charge in [0.1, 0.15) is 0 Å². The summed E-state index contributed by atoms with van der Waals surface area (Å²) in [7, 11) is 0. The molecule has 1 unspecified atom stereocenters. The highest BCUT2D eigenvalue weighted by molar-refractivity contribution is 5.85. The van der Waals surface area contributed by atoms with Crippen LogP contribution in [0, 0.1) is 0 Å². The lowest BCUT2D eigenvalue weighted by atomic mass is 9.99. The smallest absolute Gasteiger partial charge is 0.220 e. The number of hydrogen-bond donors (Lipinski definition) is 2. The number of nitrogens with zero attached hydrogens (tertiary/aromatic N) is 1. The van der Waals surface area contributed by atoms with E-state index in [0.717, 1.165) is 43.4 Å². The number of pyridine rings is 1. The number of nitrogens with two attached hydrogens (primary N) is 1. The molecule has 25 heavy (non-hydrogen) atoms. The quantitative estimate of drug-likeness (QED) is 0.641. The van der Waals surface area contributed by atoms with Crippen LogP contribution in [0.2, 0.25) is 0 Å². The van der Waals surface area contributed by atoms with Gasteiger partial charge in [-0.15, -0.1) is 24.8 Å². The van der Waals surface area contributed by atoms with Crippen LogP contribution in [0.4, 0.5) is 0 Å². The van der Waals surface area contributed by atoms with Crippen molar-refractivity contribution in [1.82, 2.24) is 10.3 Å². The average molecular weight is 384 g/mol. The third-order valence-electron chi connectivity index (χ3n) is 3.84. The second-order valence-electron chi connectivity index (χ2n) is 5.64. The molecule has 0 aliphatic rings. The zero-order valence-electron chi connectivity index (χ0n) is 14.3. The molecule has 1 aromatic heterocycles. The first-order valence-electron chi connectivity index (χ1n) is 8.25. The summed E-state index contributed by atoms with van der Waals surface area (Å²) in [5.41, 5.74) is 7.60. The van der Waals surface area contributed by atoms with Crippen LogP contribution >= 0.6 is 24.8 Å². The third kappa shape index (κ3) is 8.34. The first-order chi connectivity index (χ1) is 11.3. The Morgan fingerprint density at radius 3 is 2.16 bits per heavy atom. The topological polar surface area (TPSA) is 68.0 Å². The summed E-state index contributed by atoms with van der Waals surface area (Å²) in [5, 5.41) is 3.15. The fraction of sp³-hybridized carbons (Fsp3) is 0.368. The van der Waals surface area contributed by atoms with Gasteiger partial charge in [0, 0.05) is 18.8 Å². The van der Waals surface area contributed by atoms with Crippen molar-refractivity contribution in [2.24, 2.45) is 5.73 Å². The molecule has 0 bridgehead atoms. The second-order valence-corrected chi connectivity index (χ2v) is 5.64. The van der Waals surface area contributed by atoms with Crippen LogP contribution in [0.5, 0.6) is 0 Å². The summed E-state index contributed by atoms with van der Waals surface area (Å²) in [5.74, 6) is 0.0865. The van der Waals surface area contributed by atoms with E-state index in [0.29, 0.717) is 6.42 Å². The predicted molar refractivity (Wildman–Crippen MR) is 107 cm³/mol. The molecule has 4 nitrogen and oxygen atoms in total. The standard InChI is InChI=1S/C19H25N3O.2ClH/c20-13-7-2-1-6-10-18(23)22-19(16-8-4-3-5-9-16)17-11-14-21-15-12-17;;/h3-5,8-9,11-12,14-15,19H,1-2,6-7,10,13,20H2,(H,22,23);2*1H. The van der Waals surface area contributed by atoms with E-state index in [1.54, 1.807) is 12.4 Å². The predicted octanol–water partition coefficient (Wildman–Crippen LogP) is 4.04. The van der Waals surface area contributed by atoms with Gasteiger partial charge in [0.25, 0.3) is 0 Å². The maximum atomic E-state index is 12.3. The fourth-order valence-electron chi connectivity index (χ4n) is 2.58. The lowest BCUT2D eigenvalue weighted by Gasteiger charge is -2.19. The molecule has 0 spiro atoms. The Balaban J connectivity index is 0.00000288. The number of amides is 1. The highest BCUT2D eigenvalue weighted by atomic mass is 35.5. The van der Waals surface area contributed by atoms with Gasteiger partial charge in [-0.05, 0) is 42.6 Å². The molecule has 1 amide bonds. The summed E-state index contributed by atoms with van der Waals surface area (Å²) in [4.78, 5) is 16.3. The van der Waals surface area contributed by atoms with Crippen molar-refractivity contribution in [2.45, 2.75) is 38.1 Å². The molecule has 0 radical (unpaired) electrons. The molecule has 1 aromatic carbocycles. The Morgan fingerprint density at radius 1 is 0.920 bits per heavy atom. The molecule has 1 atom stereocenters. The number of hydrogen-bond acceptors (Lipinski definition) is 3. The van der Waals surface area contributed by atoms with Gasteiger partial charge in [-0.3, -0.25) is 9.78 Å². The largest absolute Gasteiger partial charge is 0.345 e. The normalized spacial score (nSPS) is 10.9.